The van der Waals surface area contributed by atoms with Crippen molar-refractivity contribution >= 4 is 11.6 Å². The quantitative estimate of drug-likeness (QED) is 0.340. The molecule has 80 valence electrons. The number of hydrogen-bond acceptors (Lipinski definition) is 4. The van der Waals surface area contributed by atoms with E-state index >= 15 is 0 Å². The van der Waals surface area contributed by atoms with Gasteiger partial charge in [-0.2, -0.15) is 4.94 Å². The lowest BCUT2D eigenvalue weighted by molar-refractivity contribution is -0.760. The molecule has 0 heterocycles. The molecule has 0 aliphatic rings. The number of benzene rings is 1. The Balaban J connectivity index is 2.72. The molecule has 0 aromatic heterocycles. The molecule has 0 atom stereocenters. The highest BCUT2D eigenvalue weighted by Gasteiger charge is 2.09. The van der Waals surface area contributed by atoms with Gasteiger partial charge in [0.15, 0.2) is 5.09 Å². The third kappa shape index (κ3) is 3.14. The van der Waals surface area contributed by atoms with Gasteiger partial charge in [0, 0.05) is 12.7 Å². The monoisotopic (exact) mass is 210 g/mol. The number of guanidine groups is 1. The second-order valence-electron chi connectivity index (χ2n) is 2.65. The van der Waals surface area contributed by atoms with Gasteiger partial charge in [-0.05, 0) is 12.1 Å². The van der Waals surface area contributed by atoms with E-state index in [2.05, 4.69) is 10.1 Å². The van der Waals surface area contributed by atoms with Gasteiger partial charge in [-0.1, -0.05) is 18.2 Å². The predicted molar refractivity (Wildman–Crippen MR) is 54.5 cm³/mol. The molecule has 0 amide bonds. The topological polar surface area (TPSA) is 94.0 Å². The van der Waals surface area contributed by atoms with Gasteiger partial charge < -0.3 is 5.73 Å². The first-order valence-corrected chi connectivity index (χ1v) is 4.05. The van der Waals surface area contributed by atoms with Crippen molar-refractivity contribution in [2.75, 3.05) is 11.9 Å². The lowest BCUT2D eigenvalue weighted by atomic mass is 10.3. The van der Waals surface area contributed by atoms with E-state index in [0.717, 1.165) is 5.69 Å². The fraction of sp³-hybridized carbons (Fsp3) is 0.125. The number of para-hydroxylation sites is 1. The van der Waals surface area contributed by atoms with Gasteiger partial charge in [-0.3, -0.25) is 4.90 Å². The first-order chi connectivity index (χ1) is 7.11. The van der Waals surface area contributed by atoms with Gasteiger partial charge in [-0.25, -0.2) is 10.1 Å². The number of rotatable bonds is 3. The molecule has 0 fully saturated rings. The van der Waals surface area contributed by atoms with Crippen LogP contribution in [0.5, 0.6) is 0 Å². The Morgan fingerprint density at radius 3 is 2.67 bits per heavy atom. The van der Waals surface area contributed by atoms with E-state index in [1.165, 1.54) is 4.90 Å². The second-order valence-corrected chi connectivity index (χ2v) is 2.65. The molecule has 0 bridgehead atoms. The first-order valence-electron chi connectivity index (χ1n) is 4.05. The van der Waals surface area contributed by atoms with Gasteiger partial charge >= 0.3 is 5.96 Å². The van der Waals surface area contributed by atoms with Crippen molar-refractivity contribution in [1.29, 1.82) is 0 Å². The molecule has 0 saturated carbocycles. The Bertz CT molecular complexity index is 365. The largest absolute Gasteiger partial charge is 0.347 e. The normalized spacial score (nSPS) is 10.9. The van der Waals surface area contributed by atoms with Crippen LogP contribution in [0.25, 0.3) is 0 Å². The van der Waals surface area contributed by atoms with E-state index in [0.29, 0.717) is 0 Å². The summed E-state index contributed by atoms with van der Waals surface area (Å²) in [6, 6.07) is 9.04. The van der Waals surface area contributed by atoms with Crippen molar-refractivity contribution < 1.29 is 10.0 Å². The van der Waals surface area contributed by atoms with Crippen LogP contribution in [-0.2, 0) is 4.94 Å². The summed E-state index contributed by atoms with van der Waals surface area (Å²) in [5, 5.41) is 12.0. The summed E-state index contributed by atoms with van der Waals surface area (Å²) in [6.07, 6.45) is 0. The number of hydrogen-bond donors (Lipinski definition) is 1. The molecule has 1 aromatic rings. The molecule has 0 aliphatic heterocycles. The van der Waals surface area contributed by atoms with E-state index in [1.807, 2.05) is 18.2 Å². The standard InChI is InChI=1S/C8H10N4O3/c1-11(7-5-3-2-4-6-7)8(9)10-15-12(13)14/h2-6H,1H3,(H2,9,10). The minimum absolute atomic E-state index is 0.0992. The fourth-order valence-electron chi connectivity index (χ4n) is 0.920. The molecule has 0 aliphatic carbocycles. The summed E-state index contributed by atoms with van der Waals surface area (Å²) in [5.74, 6) is -0.0992. The van der Waals surface area contributed by atoms with E-state index < -0.39 is 5.09 Å². The molecule has 15 heavy (non-hydrogen) atoms. The van der Waals surface area contributed by atoms with Crippen molar-refractivity contribution in [2.24, 2.45) is 10.9 Å². The molecule has 1 aromatic carbocycles. The number of anilines is 1. The van der Waals surface area contributed by atoms with E-state index in [9.17, 15) is 10.1 Å². The smallest absolute Gasteiger partial charge is 0.345 e. The summed E-state index contributed by atoms with van der Waals surface area (Å²) in [7, 11) is 1.62. The second kappa shape index (κ2) is 4.80. The molecule has 7 heteroatoms. The van der Waals surface area contributed by atoms with Gasteiger partial charge in [0.2, 0.25) is 0 Å². The zero-order chi connectivity index (χ0) is 11.3. The van der Waals surface area contributed by atoms with Gasteiger partial charge in [0.25, 0.3) is 0 Å². The molecule has 7 nitrogen and oxygen atoms in total. The Hall–Kier alpha value is -2.31. The minimum Gasteiger partial charge on any atom is -0.345 e. The van der Waals surface area contributed by atoms with Crippen LogP contribution in [-0.4, -0.2) is 18.1 Å². The maximum atomic E-state index is 9.87. The lowest BCUT2D eigenvalue weighted by Crippen LogP contribution is -2.34. The maximum absolute atomic E-state index is 9.87. The van der Waals surface area contributed by atoms with Gasteiger partial charge in [-0.15, -0.1) is 0 Å². The van der Waals surface area contributed by atoms with Crippen LogP contribution >= 0.6 is 0 Å². The van der Waals surface area contributed by atoms with Crippen molar-refractivity contribution in [2.45, 2.75) is 0 Å². The molecule has 0 saturated heterocycles. The van der Waals surface area contributed by atoms with Crippen LogP contribution in [0, 0.1) is 10.1 Å². The highest BCUT2D eigenvalue weighted by Crippen LogP contribution is 2.10. The molecule has 0 unspecified atom stereocenters. The van der Waals surface area contributed by atoms with Gasteiger partial charge in [0.05, 0.1) is 0 Å². The van der Waals surface area contributed by atoms with Crippen molar-refractivity contribution in [1.82, 2.24) is 0 Å². The van der Waals surface area contributed by atoms with E-state index in [4.69, 9.17) is 5.73 Å². The Labute approximate surface area is 85.8 Å². The van der Waals surface area contributed by atoms with Crippen LogP contribution in [0.4, 0.5) is 5.69 Å². The minimum atomic E-state index is -1.04. The van der Waals surface area contributed by atoms with Crippen molar-refractivity contribution in [3.8, 4) is 0 Å². The summed E-state index contributed by atoms with van der Waals surface area (Å²) >= 11 is 0. The van der Waals surface area contributed by atoms with Crippen LogP contribution in [0.3, 0.4) is 0 Å². The van der Waals surface area contributed by atoms with Crippen LogP contribution in [0.2, 0.25) is 0 Å². The number of nitrogens with zero attached hydrogens (tertiary/aromatic N) is 3. The summed E-state index contributed by atoms with van der Waals surface area (Å²) in [6.45, 7) is 0. The van der Waals surface area contributed by atoms with Crippen LogP contribution in [0.15, 0.2) is 35.5 Å². The van der Waals surface area contributed by atoms with Crippen LogP contribution < -0.4 is 10.6 Å². The van der Waals surface area contributed by atoms with Crippen molar-refractivity contribution in [3.63, 3.8) is 0 Å². The Kier molecular flexibility index (Phi) is 3.44. The lowest BCUT2D eigenvalue weighted by Gasteiger charge is -2.13. The fourth-order valence-corrected chi connectivity index (χ4v) is 0.920. The SMILES string of the molecule is CN(/C(N)=N/O[N+](=O)[O-])c1ccccc1. The maximum Gasteiger partial charge on any atom is 0.347 e. The summed E-state index contributed by atoms with van der Waals surface area (Å²) < 4.78 is 0. The van der Waals surface area contributed by atoms with Crippen molar-refractivity contribution in [3.05, 3.63) is 40.4 Å². The molecule has 2 N–H and O–H groups in total. The van der Waals surface area contributed by atoms with Gasteiger partial charge in [0.1, 0.15) is 5.16 Å². The Morgan fingerprint density at radius 2 is 2.13 bits per heavy atom. The predicted octanol–water partition coefficient (Wildman–Crippen LogP) is 0.561. The molecular weight excluding hydrogens is 200 g/mol. The first kappa shape index (κ1) is 10.8. The van der Waals surface area contributed by atoms with Crippen LogP contribution in [0.1, 0.15) is 0 Å². The zero-order valence-electron chi connectivity index (χ0n) is 8.03. The molecular formula is C8H10N4O3. The third-order valence-corrected chi connectivity index (χ3v) is 1.69. The third-order valence-electron chi connectivity index (χ3n) is 1.69. The highest BCUT2D eigenvalue weighted by atomic mass is 17.0. The van der Waals surface area contributed by atoms with E-state index in [1.54, 1.807) is 19.2 Å². The van der Waals surface area contributed by atoms with E-state index in [-0.39, 0.29) is 5.96 Å². The average Bonchev–Trinajstić information content (AvgIpc) is 2.26. The molecule has 0 spiro atoms. The number of oxime groups is 1. The summed E-state index contributed by atoms with van der Waals surface area (Å²) in [5.41, 5.74) is 6.20. The highest BCUT2D eigenvalue weighted by molar-refractivity contribution is 5.93. The zero-order valence-corrected chi connectivity index (χ0v) is 8.03. The Morgan fingerprint density at radius 1 is 1.53 bits per heavy atom. The molecule has 0 radical (unpaired) electrons. The average molecular weight is 210 g/mol. The number of nitrogens with two attached hydrogens (primary N) is 1. The molecule has 1 rings (SSSR count). The summed E-state index contributed by atoms with van der Waals surface area (Å²) in [4.78, 5) is 15.1.